The van der Waals surface area contributed by atoms with Gasteiger partial charge in [-0.25, -0.2) is 23.8 Å². The summed E-state index contributed by atoms with van der Waals surface area (Å²) in [5, 5.41) is 59.4. The van der Waals surface area contributed by atoms with Gasteiger partial charge in [0.1, 0.15) is 54.6 Å². The van der Waals surface area contributed by atoms with Gasteiger partial charge in [0.2, 0.25) is 7.57 Å². The standard InChI is InChI=1S/C16H24BN5O14P2/c17-37(29,36-38(30,31)35-16-12(28)10(26)8(24)5(1-23)34-16)32-2-6-9(25)11(27)15(33-6)22-4-21-7-13(18)19-3-20-14(7)22/h3-6,8-12,15-16,23-28H,1-2H2,(H,30,31)(H2,18,19,20)/t5?,6-,8-,9+,10+,11?,12?,15-,16+,37-/m1/s1. The summed E-state index contributed by atoms with van der Waals surface area (Å²) in [7, 11) is -5.04. The monoisotopic (exact) mass is 583 g/mol. The minimum Gasteiger partial charge on any atom is -0.394 e. The summed E-state index contributed by atoms with van der Waals surface area (Å²) in [4.78, 5) is 21.8. The summed E-state index contributed by atoms with van der Waals surface area (Å²) in [5.41, 5.74) is 6.11. The summed E-state index contributed by atoms with van der Waals surface area (Å²) in [6, 6.07) is 0. The molecule has 4 unspecified atom stereocenters. The summed E-state index contributed by atoms with van der Waals surface area (Å²) in [5.74, 6) is 0.0576. The van der Waals surface area contributed by atoms with Gasteiger partial charge in [0.05, 0.1) is 19.5 Å². The lowest BCUT2D eigenvalue weighted by Crippen LogP contribution is -2.58. The number of aliphatic hydroxyl groups excluding tert-OH is 6. The number of nitrogens with two attached hydrogens (primary N) is 1. The Balaban J connectivity index is 1.38. The summed E-state index contributed by atoms with van der Waals surface area (Å²) < 4.78 is 50.3. The van der Waals surface area contributed by atoms with Crippen molar-refractivity contribution in [2.45, 2.75) is 55.2 Å². The maximum absolute atomic E-state index is 12.5. The van der Waals surface area contributed by atoms with Crippen LogP contribution in [0.5, 0.6) is 0 Å². The second-order valence-electron chi connectivity index (χ2n) is 8.32. The maximum atomic E-state index is 12.5. The first-order chi connectivity index (χ1) is 17.7. The molecular weight excluding hydrogens is 559 g/mol. The number of phosphoric ester groups is 1. The van der Waals surface area contributed by atoms with Crippen LogP contribution in [-0.2, 0) is 32.0 Å². The lowest BCUT2D eigenvalue weighted by atomic mass is 10.00. The van der Waals surface area contributed by atoms with Gasteiger partial charge in [-0.1, -0.05) is 0 Å². The van der Waals surface area contributed by atoms with Crippen LogP contribution in [-0.4, -0.2) is 125 Å². The van der Waals surface area contributed by atoms with E-state index in [9.17, 15) is 44.7 Å². The molecule has 2 aliphatic heterocycles. The Bertz CT molecular complexity index is 1240. The third-order valence-corrected chi connectivity index (χ3v) is 8.44. The molecule has 38 heavy (non-hydrogen) atoms. The number of hydrogen-bond donors (Lipinski definition) is 8. The topological polar surface area (TPSA) is 292 Å². The van der Waals surface area contributed by atoms with Crippen molar-refractivity contribution >= 4 is 39.8 Å². The van der Waals surface area contributed by atoms with Crippen LogP contribution in [0.4, 0.5) is 5.82 Å². The lowest BCUT2D eigenvalue weighted by molar-refractivity contribution is -0.280. The second kappa shape index (κ2) is 11.1. The van der Waals surface area contributed by atoms with Crippen LogP contribution in [0.2, 0.25) is 0 Å². The fraction of sp³-hybridized carbons (Fsp3) is 0.688. The van der Waals surface area contributed by atoms with E-state index < -0.39 is 83.8 Å². The Morgan fingerprint density at radius 3 is 2.37 bits per heavy atom. The molecule has 22 heteroatoms. The number of aliphatic hydroxyl groups is 6. The molecule has 0 aliphatic carbocycles. The van der Waals surface area contributed by atoms with E-state index in [0.717, 1.165) is 6.33 Å². The number of rotatable bonds is 9. The van der Waals surface area contributed by atoms with E-state index in [2.05, 4.69) is 23.8 Å². The molecule has 0 amide bonds. The lowest BCUT2D eigenvalue weighted by Gasteiger charge is -2.39. The van der Waals surface area contributed by atoms with Crippen molar-refractivity contribution in [3.05, 3.63) is 12.7 Å². The number of aromatic nitrogens is 4. The number of ether oxygens (including phenoxy) is 2. The number of hydrogen-bond acceptors (Lipinski definition) is 17. The van der Waals surface area contributed by atoms with E-state index in [4.69, 9.17) is 27.3 Å². The summed E-state index contributed by atoms with van der Waals surface area (Å²) in [6.45, 7) is -1.67. The molecule has 210 valence electrons. The molecule has 0 spiro atoms. The van der Waals surface area contributed by atoms with Crippen molar-refractivity contribution in [1.82, 2.24) is 19.5 Å². The SMILES string of the molecule is [B][P@@](=O)(OC[C@H]1O[C@@H](n2cnc3c(N)ncnc32)C(O)[C@H]1O)OP(=O)(O)O[C@@H]1OC(CO)[C@@H](O)[C@H](O)C1O. The zero-order valence-corrected chi connectivity index (χ0v) is 20.9. The molecule has 9 N–H and O–H groups in total. The molecule has 4 heterocycles. The van der Waals surface area contributed by atoms with Gasteiger partial charge in [-0.3, -0.25) is 13.7 Å². The average molecular weight is 583 g/mol. The van der Waals surface area contributed by atoms with Crippen molar-refractivity contribution in [2.24, 2.45) is 0 Å². The number of anilines is 1. The molecule has 2 fully saturated rings. The Labute approximate surface area is 214 Å². The molecular formula is C16H24BN5O14P2. The van der Waals surface area contributed by atoms with Gasteiger partial charge in [-0.15, -0.1) is 0 Å². The predicted molar refractivity (Wildman–Crippen MR) is 121 cm³/mol. The van der Waals surface area contributed by atoms with E-state index in [1.165, 1.54) is 10.9 Å². The highest BCUT2D eigenvalue weighted by Gasteiger charge is 2.49. The van der Waals surface area contributed by atoms with Crippen molar-refractivity contribution < 1.29 is 67.5 Å². The molecule has 0 bridgehead atoms. The predicted octanol–water partition coefficient (Wildman–Crippen LogP) is -3.75. The van der Waals surface area contributed by atoms with E-state index in [1.807, 2.05) is 0 Å². The first-order valence-electron chi connectivity index (χ1n) is 10.8. The van der Waals surface area contributed by atoms with Crippen LogP contribution in [0, 0.1) is 0 Å². The minimum absolute atomic E-state index is 0.0576. The van der Waals surface area contributed by atoms with Gasteiger partial charge in [-0.05, 0) is 0 Å². The number of nitrogens with zero attached hydrogens (tertiary/aromatic N) is 4. The molecule has 4 rings (SSSR count). The highest BCUT2D eigenvalue weighted by molar-refractivity contribution is 7.83. The average Bonchev–Trinajstić information content (AvgIpc) is 3.39. The molecule has 19 nitrogen and oxygen atoms in total. The number of phosphoric acid groups is 1. The highest BCUT2D eigenvalue weighted by Crippen LogP contribution is 2.61. The van der Waals surface area contributed by atoms with Crippen LogP contribution in [0.1, 0.15) is 6.23 Å². The van der Waals surface area contributed by atoms with Crippen LogP contribution < -0.4 is 5.73 Å². The number of imidazole rings is 1. The Morgan fingerprint density at radius 2 is 1.68 bits per heavy atom. The second-order valence-corrected chi connectivity index (χ2v) is 11.5. The molecule has 2 aliphatic rings. The van der Waals surface area contributed by atoms with Gasteiger partial charge in [0, 0.05) is 0 Å². The Kier molecular flexibility index (Phi) is 8.59. The molecule has 2 radical (unpaired) electrons. The van der Waals surface area contributed by atoms with Crippen molar-refractivity contribution in [3.63, 3.8) is 0 Å². The van der Waals surface area contributed by atoms with E-state index in [0.29, 0.717) is 0 Å². The minimum atomic E-state index is -5.44. The van der Waals surface area contributed by atoms with Gasteiger partial charge in [-0.2, -0.15) is 0 Å². The van der Waals surface area contributed by atoms with Crippen LogP contribution in [0.15, 0.2) is 12.7 Å². The molecule has 2 aromatic heterocycles. The molecule has 0 aromatic carbocycles. The Morgan fingerprint density at radius 1 is 1.00 bits per heavy atom. The fourth-order valence-corrected chi connectivity index (χ4v) is 6.09. The van der Waals surface area contributed by atoms with Crippen LogP contribution in [0.25, 0.3) is 11.2 Å². The number of nitrogen functional groups attached to an aromatic ring is 1. The largest absolute Gasteiger partial charge is 0.481 e. The first-order valence-corrected chi connectivity index (χ1v) is 13.9. The normalized spacial score (nSPS) is 37.2. The van der Waals surface area contributed by atoms with Gasteiger partial charge in [0.15, 0.2) is 24.0 Å². The number of fused-ring (bicyclic) bond motifs is 1. The van der Waals surface area contributed by atoms with E-state index >= 15 is 0 Å². The van der Waals surface area contributed by atoms with Crippen LogP contribution >= 0.6 is 15.3 Å². The third-order valence-electron chi connectivity index (χ3n) is 5.72. The van der Waals surface area contributed by atoms with Gasteiger partial charge in [0.25, 0.3) is 7.47 Å². The Hall–Kier alpha value is -1.61. The maximum Gasteiger partial charge on any atom is 0.481 e. The zero-order chi connectivity index (χ0) is 28.0. The first kappa shape index (κ1) is 29.4. The zero-order valence-electron chi connectivity index (χ0n) is 19.1. The quantitative estimate of drug-likeness (QED) is 0.104. The third kappa shape index (κ3) is 5.93. The van der Waals surface area contributed by atoms with Crippen LogP contribution in [0.3, 0.4) is 0 Å². The summed E-state index contributed by atoms with van der Waals surface area (Å²) >= 11 is 0. The fourth-order valence-electron chi connectivity index (χ4n) is 3.80. The molecule has 2 aromatic rings. The van der Waals surface area contributed by atoms with Gasteiger partial charge >= 0.3 is 7.82 Å². The summed E-state index contributed by atoms with van der Waals surface area (Å²) in [6.07, 6.45) is -12.8. The van der Waals surface area contributed by atoms with Gasteiger partial charge < -0.3 is 55.3 Å². The van der Waals surface area contributed by atoms with Crippen molar-refractivity contribution in [1.29, 1.82) is 0 Å². The molecule has 11 atom stereocenters. The molecule has 0 saturated carbocycles. The van der Waals surface area contributed by atoms with Crippen molar-refractivity contribution in [3.8, 4) is 0 Å². The molecule has 2 saturated heterocycles. The highest BCUT2D eigenvalue weighted by atomic mass is 31.3. The van der Waals surface area contributed by atoms with E-state index in [-0.39, 0.29) is 17.0 Å². The van der Waals surface area contributed by atoms with Crippen molar-refractivity contribution in [2.75, 3.05) is 18.9 Å². The smallest absolute Gasteiger partial charge is 0.394 e. The van der Waals surface area contributed by atoms with E-state index in [1.54, 1.807) is 0 Å².